The number of rotatable bonds is 6. The first-order valence-corrected chi connectivity index (χ1v) is 9.11. The lowest BCUT2D eigenvalue weighted by atomic mass is 9.94. The van der Waals surface area contributed by atoms with Crippen LogP contribution in [0, 0.1) is 5.92 Å². The highest BCUT2D eigenvalue weighted by molar-refractivity contribution is 5.98. The third-order valence-electron chi connectivity index (χ3n) is 4.95. The zero-order valence-corrected chi connectivity index (χ0v) is 15.6. The summed E-state index contributed by atoms with van der Waals surface area (Å²) in [6.45, 7) is 2.49. The van der Waals surface area contributed by atoms with Gasteiger partial charge in [0.2, 0.25) is 11.8 Å². The minimum atomic E-state index is -0.404. The molecule has 0 aromatic heterocycles. The van der Waals surface area contributed by atoms with Crippen molar-refractivity contribution in [2.45, 2.75) is 25.8 Å². The van der Waals surface area contributed by atoms with Gasteiger partial charge in [0.15, 0.2) is 0 Å². The number of nitrogens with two attached hydrogens (primary N) is 1. The Labute approximate surface area is 159 Å². The highest BCUT2D eigenvalue weighted by Crippen LogP contribution is 2.34. The third kappa shape index (κ3) is 4.11. The molecule has 2 aromatic rings. The van der Waals surface area contributed by atoms with Gasteiger partial charge in [-0.25, -0.2) is 0 Å². The van der Waals surface area contributed by atoms with Crippen molar-refractivity contribution in [1.82, 2.24) is 0 Å². The Morgan fingerprint density at radius 3 is 2.59 bits per heavy atom. The Hall–Kier alpha value is -2.86. The Balaban J connectivity index is 1.73. The fraction of sp³-hybridized carbons (Fsp3) is 0.333. The molecule has 27 heavy (non-hydrogen) atoms. The van der Waals surface area contributed by atoms with Gasteiger partial charge in [0, 0.05) is 30.8 Å². The number of carbonyl (C=O) groups is 2. The van der Waals surface area contributed by atoms with Gasteiger partial charge >= 0.3 is 0 Å². The van der Waals surface area contributed by atoms with Crippen LogP contribution in [-0.4, -0.2) is 25.5 Å². The molecule has 1 aliphatic heterocycles. The van der Waals surface area contributed by atoms with Crippen LogP contribution in [0.3, 0.4) is 0 Å². The molecule has 2 atom stereocenters. The maximum absolute atomic E-state index is 12.6. The Morgan fingerprint density at radius 2 is 1.96 bits per heavy atom. The molecule has 0 radical (unpaired) electrons. The second-order valence-corrected chi connectivity index (χ2v) is 6.75. The summed E-state index contributed by atoms with van der Waals surface area (Å²) < 4.78 is 5.44. The monoisotopic (exact) mass is 367 g/mol. The zero-order valence-electron chi connectivity index (χ0n) is 15.6. The Bertz CT molecular complexity index is 823. The molecule has 1 fully saturated rings. The fourth-order valence-corrected chi connectivity index (χ4v) is 3.26. The molecule has 3 N–H and O–H groups in total. The van der Waals surface area contributed by atoms with Crippen LogP contribution in [0.2, 0.25) is 0 Å². The van der Waals surface area contributed by atoms with E-state index in [1.807, 2.05) is 37.3 Å². The lowest BCUT2D eigenvalue weighted by Gasteiger charge is -2.22. The third-order valence-corrected chi connectivity index (χ3v) is 4.95. The number of ether oxygens (including phenoxy) is 1. The van der Waals surface area contributed by atoms with E-state index in [1.54, 1.807) is 30.2 Å². The van der Waals surface area contributed by atoms with Gasteiger partial charge in [-0.2, -0.15) is 0 Å². The van der Waals surface area contributed by atoms with E-state index in [0.29, 0.717) is 24.4 Å². The number of methoxy groups -OCH3 is 1. The molecule has 1 saturated heterocycles. The van der Waals surface area contributed by atoms with Crippen LogP contribution in [0.5, 0.6) is 5.75 Å². The molecule has 2 amide bonds. The Morgan fingerprint density at radius 1 is 1.22 bits per heavy atom. The van der Waals surface area contributed by atoms with E-state index in [9.17, 15) is 9.59 Å². The van der Waals surface area contributed by atoms with Crippen molar-refractivity contribution in [2.75, 3.05) is 23.9 Å². The van der Waals surface area contributed by atoms with Crippen LogP contribution in [0.25, 0.3) is 0 Å². The van der Waals surface area contributed by atoms with Crippen molar-refractivity contribution in [2.24, 2.45) is 11.7 Å². The maximum atomic E-state index is 12.6. The lowest BCUT2D eigenvalue weighted by molar-refractivity contribution is -0.120. The second kappa shape index (κ2) is 8.22. The predicted octanol–water partition coefficient (Wildman–Crippen LogP) is 3.10. The van der Waals surface area contributed by atoms with Gasteiger partial charge in [-0.1, -0.05) is 37.3 Å². The summed E-state index contributed by atoms with van der Waals surface area (Å²) in [4.78, 5) is 26.3. The molecular formula is C21H25N3O3. The first-order chi connectivity index (χ1) is 13.0. The molecule has 6 nitrogen and oxygen atoms in total. The van der Waals surface area contributed by atoms with Crippen molar-refractivity contribution in [3.63, 3.8) is 0 Å². The molecule has 0 bridgehead atoms. The van der Waals surface area contributed by atoms with E-state index in [2.05, 4.69) is 5.32 Å². The molecular weight excluding hydrogens is 342 g/mol. The first kappa shape index (κ1) is 18.9. The highest BCUT2D eigenvalue weighted by atomic mass is 16.5. The molecule has 2 unspecified atom stereocenters. The van der Waals surface area contributed by atoms with Gasteiger partial charge in [-0.05, 0) is 24.1 Å². The van der Waals surface area contributed by atoms with Crippen LogP contribution in [0.15, 0.2) is 48.5 Å². The molecule has 2 aromatic carbocycles. The van der Waals surface area contributed by atoms with Crippen molar-refractivity contribution < 1.29 is 14.3 Å². The summed E-state index contributed by atoms with van der Waals surface area (Å²) in [6.07, 6.45) is 1.39. The molecule has 3 rings (SSSR count). The van der Waals surface area contributed by atoms with E-state index in [0.717, 1.165) is 17.7 Å². The second-order valence-electron chi connectivity index (χ2n) is 6.75. The molecule has 0 aliphatic carbocycles. The number of amides is 2. The summed E-state index contributed by atoms with van der Waals surface area (Å²) in [5.74, 6) is 0.0761. The van der Waals surface area contributed by atoms with Crippen LogP contribution >= 0.6 is 0 Å². The van der Waals surface area contributed by atoms with Crippen molar-refractivity contribution >= 4 is 23.2 Å². The summed E-state index contributed by atoms with van der Waals surface area (Å²) in [7, 11) is 1.55. The minimum absolute atomic E-state index is 0.0903. The molecule has 0 spiro atoms. The molecule has 1 aliphatic rings. The SMILES string of the molecule is COc1cc(NC(=O)C(C)C(N)c2ccccc2)ccc1N1CCCC1=O. The van der Waals surface area contributed by atoms with Gasteiger partial charge in [0.1, 0.15) is 5.75 Å². The van der Waals surface area contributed by atoms with Crippen LogP contribution in [0.4, 0.5) is 11.4 Å². The van der Waals surface area contributed by atoms with E-state index in [-0.39, 0.29) is 11.8 Å². The topological polar surface area (TPSA) is 84.7 Å². The first-order valence-electron chi connectivity index (χ1n) is 9.11. The molecule has 1 heterocycles. The quantitative estimate of drug-likeness (QED) is 0.822. The lowest BCUT2D eigenvalue weighted by Crippen LogP contribution is -2.30. The summed E-state index contributed by atoms with van der Waals surface area (Å²) in [6, 6.07) is 14.5. The average Bonchev–Trinajstić information content (AvgIpc) is 3.13. The maximum Gasteiger partial charge on any atom is 0.229 e. The molecule has 0 saturated carbocycles. The largest absolute Gasteiger partial charge is 0.494 e. The summed E-state index contributed by atoms with van der Waals surface area (Å²) in [5, 5.41) is 2.89. The van der Waals surface area contributed by atoms with Gasteiger partial charge in [0.05, 0.1) is 18.7 Å². The summed E-state index contributed by atoms with van der Waals surface area (Å²) in [5.41, 5.74) is 8.50. The summed E-state index contributed by atoms with van der Waals surface area (Å²) >= 11 is 0. The minimum Gasteiger partial charge on any atom is -0.494 e. The van der Waals surface area contributed by atoms with Gasteiger partial charge in [0.25, 0.3) is 0 Å². The fourth-order valence-electron chi connectivity index (χ4n) is 3.26. The predicted molar refractivity (Wildman–Crippen MR) is 106 cm³/mol. The van der Waals surface area contributed by atoms with Crippen molar-refractivity contribution in [3.05, 3.63) is 54.1 Å². The number of nitrogens with zero attached hydrogens (tertiary/aromatic N) is 1. The van der Waals surface area contributed by atoms with E-state index in [4.69, 9.17) is 10.5 Å². The smallest absolute Gasteiger partial charge is 0.229 e. The van der Waals surface area contributed by atoms with Gasteiger partial charge < -0.3 is 20.7 Å². The zero-order chi connectivity index (χ0) is 19.4. The number of nitrogens with one attached hydrogen (secondary N) is 1. The van der Waals surface area contributed by atoms with Gasteiger partial charge in [-0.15, -0.1) is 0 Å². The van der Waals surface area contributed by atoms with E-state index < -0.39 is 12.0 Å². The van der Waals surface area contributed by atoms with Crippen LogP contribution in [-0.2, 0) is 9.59 Å². The number of benzene rings is 2. The number of carbonyl (C=O) groups excluding carboxylic acids is 2. The molecule has 142 valence electrons. The van der Waals surface area contributed by atoms with Crippen LogP contribution in [0.1, 0.15) is 31.4 Å². The number of hydrogen-bond acceptors (Lipinski definition) is 4. The standard InChI is InChI=1S/C21H25N3O3/c1-14(20(22)15-7-4-3-5-8-15)21(26)23-16-10-11-17(18(13-16)27-2)24-12-6-9-19(24)25/h3-5,7-8,10-11,13-14,20H,6,9,12,22H2,1-2H3,(H,23,26). The van der Waals surface area contributed by atoms with Crippen molar-refractivity contribution in [1.29, 1.82) is 0 Å². The van der Waals surface area contributed by atoms with Crippen LogP contribution < -0.4 is 20.7 Å². The molecule has 6 heteroatoms. The number of anilines is 2. The average molecular weight is 367 g/mol. The highest BCUT2D eigenvalue weighted by Gasteiger charge is 2.26. The normalized spacial score (nSPS) is 16.1. The number of hydrogen-bond donors (Lipinski definition) is 2. The Kier molecular flexibility index (Phi) is 5.76. The van der Waals surface area contributed by atoms with Gasteiger partial charge in [-0.3, -0.25) is 9.59 Å². The van der Waals surface area contributed by atoms with E-state index in [1.165, 1.54) is 0 Å². The van der Waals surface area contributed by atoms with Crippen molar-refractivity contribution in [3.8, 4) is 5.75 Å². The van der Waals surface area contributed by atoms with E-state index >= 15 is 0 Å².